The molecule has 0 bridgehead atoms. The van der Waals surface area contributed by atoms with Gasteiger partial charge in [0.25, 0.3) is 0 Å². The van der Waals surface area contributed by atoms with Gasteiger partial charge in [-0.1, -0.05) is 46.0 Å². The molecule has 5 heteroatoms. The van der Waals surface area contributed by atoms with Crippen LogP contribution in [-0.4, -0.2) is 54.5 Å². The number of carbonyl (C=O) groups excluding carboxylic acids is 1. The Morgan fingerprint density at radius 3 is 2.23 bits per heavy atom. The van der Waals surface area contributed by atoms with Crippen molar-refractivity contribution in [3.63, 3.8) is 0 Å². The van der Waals surface area contributed by atoms with E-state index in [9.17, 15) is 4.79 Å². The number of hydrogen-bond acceptors (Lipinski definition) is 3. The molecule has 1 aliphatic heterocycles. The Labute approximate surface area is 142 Å². The molecule has 22 heavy (non-hydrogen) atoms. The number of hydrogen-bond donors (Lipinski definition) is 1. The Balaban J connectivity index is 0.00000242. The molecule has 1 unspecified atom stereocenters. The number of nitrogens with two attached hydrogens (primary N) is 1. The number of amides is 1. The second-order valence-corrected chi connectivity index (χ2v) is 7.37. The van der Waals surface area contributed by atoms with Crippen LogP contribution in [0.2, 0.25) is 0 Å². The topological polar surface area (TPSA) is 49.6 Å². The summed E-state index contributed by atoms with van der Waals surface area (Å²) in [6.07, 6.45) is 7.42. The van der Waals surface area contributed by atoms with Gasteiger partial charge in [0.05, 0.1) is 6.04 Å². The van der Waals surface area contributed by atoms with Gasteiger partial charge >= 0.3 is 0 Å². The third-order valence-corrected chi connectivity index (χ3v) is 4.94. The van der Waals surface area contributed by atoms with Crippen molar-refractivity contribution in [3.05, 3.63) is 0 Å². The van der Waals surface area contributed by atoms with Gasteiger partial charge in [0.1, 0.15) is 0 Å². The molecule has 4 nitrogen and oxygen atoms in total. The first-order valence-electron chi connectivity index (χ1n) is 8.83. The standard InChI is InChI=1S/C17H33N3O.ClH/c1-14(2)13-19-8-10-20(11-9-19)17(21)16(18)12-15-6-4-3-5-7-15;/h14-16H,3-13,18H2,1-2H3;1H. The van der Waals surface area contributed by atoms with Gasteiger partial charge in [0.2, 0.25) is 5.91 Å². The van der Waals surface area contributed by atoms with Crippen molar-refractivity contribution < 1.29 is 4.79 Å². The lowest BCUT2D eigenvalue weighted by molar-refractivity contribution is -0.134. The van der Waals surface area contributed by atoms with E-state index in [0.717, 1.165) is 39.1 Å². The molecule has 2 fully saturated rings. The van der Waals surface area contributed by atoms with Gasteiger partial charge in [-0.2, -0.15) is 0 Å². The third-order valence-electron chi connectivity index (χ3n) is 4.94. The molecular formula is C17H34ClN3O. The normalized spacial score (nSPS) is 22.5. The zero-order chi connectivity index (χ0) is 15.2. The van der Waals surface area contributed by atoms with Crippen LogP contribution in [0.4, 0.5) is 0 Å². The van der Waals surface area contributed by atoms with Crippen molar-refractivity contribution in [2.45, 2.75) is 58.4 Å². The first-order valence-corrected chi connectivity index (χ1v) is 8.83. The van der Waals surface area contributed by atoms with Crippen LogP contribution in [0.15, 0.2) is 0 Å². The molecule has 0 spiro atoms. The molecule has 1 amide bonds. The summed E-state index contributed by atoms with van der Waals surface area (Å²) in [4.78, 5) is 16.9. The highest BCUT2D eigenvalue weighted by Gasteiger charge is 2.27. The maximum Gasteiger partial charge on any atom is 0.239 e. The van der Waals surface area contributed by atoms with Crippen molar-refractivity contribution in [1.29, 1.82) is 0 Å². The predicted molar refractivity (Wildman–Crippen MR) is 94.3 cm³/mol. The van der Waals surface area contributed by atoms with E-state index in [0.29, 0.717) is 11.8 Å². The van der Waals surface area contributed by atoms with E-state index in [1.54, 1.807) is 0 Å². The fourth-order valence-corrected chi connectivity index (χ4v) is 3.78. The fraction of sp³-hybridized carbons (Fsp3) is 0.941. The molecule has 0 aromatic rings. The quantitative estimate of drug-likeness (QED) is 0.842. The van der Waals surface area contributed by atoms with Crippen molar-refractivity contribution in [2.75, 3.05) is 32.7 Å². The summed E-state index contributed by atoms with van der Waals surface area (Å²) in [7, 11) is 0. The largest absolute Gasteiger partial charge is 0.339 e. The summed E-state index contributed by atoms with van der Waals surface area (Å²) in [6, 6.07) is -0.273. The zero-order valence-corrected chi connectivity index (χ0v) is 15.1. The van der Waals surface area contributed by atoms with Crippen LogP contribution in [0.5, 0.6) is 0 Å². The molecular weight excluding hydrogens is 298 g/mol. The number of nitrogens with zero attached hydrogens (tertiary/aromatic N) is 2. The monoisotopic (exact) mass is 331 g/mol. The van der Waals surface area contributed by atoms with E-state index in [4.69, 9.17) is 5.73 Å². The summed E-state index contributed by atoms with van der Waals surface area (Å²) < 4.78 is 0. The van der Waals surface area contributed by atoms with E-state index >= 15 is 0 Å². The minimum Gasteiger partial charge on any atom is -0.339 e. The number of piperazine rings is 1. The molecule has 1 saturated carbocycles. The number of rotatable bonds is 5. The van der Waals surface area contributed by atoms with E-state index in [1.807, 2.05) is 4.90 Å². The number of halogens is 1. The molecule has 2 rings (SSSR count). The third kappa shape index (κ3) is 6.05. The SMILES string of the molecule is CC(C)CN1CCN(C(=O)C(N)CC2CCCCC2)CC1.Cl. The lowest BCUT2D eigenvalue weighted by Crippen LogP contribution is -2.53. The van der Waals surface area contributed by atoms with Gasteiger partial charge in [0.15, 0.2) is 0 Å². The Hall–Kier alpha value is -0.320. The van der Waals surface area contributed by atoms with Crippen LogP contribution in [0.25, 0.3) is 0 Å². The zero-order valence-electron chi connectivity index (χ0n) is 14.3. The van der Waals surface area contributed by atoms with Crippen molar-refractivity contribution >= 4 is 18.3 Å². The average molecular weight is 332 g/mol. The van der Waals surface area contributed by atoms with Gasteiger partial charge in [-0.25, -0.2) is 0 Å². The second kappa shape index (κ2) is 9.74. The summed E-state index contributed by atoms with van der Waals surface area (Å²) >= 11 is 0. The van der Waals surface area contributed by atoms with Crippen LogP contribution in [0, 0.1) is 11.8 Å². The van der Waals surface area contributed by atoms with Crippen LogP contribution < -0.4 is 5.73 Å². The van der Waals surface area contributed by atoms with Crippen LogP contribution in [-0.2, 0) is 4.79 Å². The van der Waals surface area contributed by atoms with Gasteiger partial charge in [-0.3, -0.25) is 9.69 Å². The van der Waals surface area contributed by atoms with Gasteiger partial charge in [0, 0.05) is 32.7 Å². The van der Waals surface area contributed by atoms with Crippen molar-refractivity contribution in [2.24, 2.45) is 17.6 Å². The summed E-state index contributed by atoms with van der Waals surface area (Å²) in [5.41, 5.74) is 6.19. The maximum absolute atomic E-state index is 12.5. The van der Waals surface area contributed by atoms with Crippen LogP contribution in [0.1, 0.15) is 52.4 Å². The second-order valence-electron chi connectivity index (χ2n) is 7.37. The van der Waals surface area contributed by atoms with Gasteiger partial charge in [-0.05, 0) is 18.3 Å². The summed E-state index contributed by atoms with van der Waals surface area (Å²) in [6.45, 7) is 9.33. The molecule has 1 aliphatic carbocycles. The van der Waals surface area contributed by atoms with E-state index < -0.39 is 0 Å². The molecule has 0 radical (unpaired) electrons. The van der Waals surface area contributed by atoms with Gasteiger partial charge in [-0.15, -0.1) is 12.4 Å². The molecule has 130 valence electrons. The molecule has 0 aromatic heterocycles. The molecule has 1 atom stereocenters. The molecule has 1 heterocycles. The summed E-state index contributed by atoms with van der Waals surface area (Å²) in [5, 5.41) is 0. The smallest absolute Gasteiger partial charge is 0.239 e. The first-order chi connectivity index (χ1) is 10.1. The molecule has 1 saturated heterocycles. The van der Waals surface area contributed by atoms with Crippen LogP contribution >= 0.6 is 12.4 Å². The van der Waals surface area contributed by atoms with Crippen molar-refractivity contribution in [3.8, 4) is 0 Å². The van der Waals surface area contributed by atoms with Gasteiger partial charge < -0.3 is 10.6 Å². The average Bonchev–Trinajstić information content (AvgIpc) is 2.47. The molecule has 2 N–H and O–H groups in total. The Kier molecular flexibility index (Phi) is 8.73. The van der Waals surface area contributed by atoms with E-state index in [1.165, 1.54) is 32.1 Å². The lowest BCUT2D eigenvalue weighted by atomic mass is 9.84. The minimum atomic E-state index is -0.273. The highest BCUT2D eigenvalue weighted by Crippen LogP contribution is 2.27. The molecule has 0 aromatic carbocycles. The summed E-state index contributed by atoms with van der Waals surface area (Å²) in [5.74, 6) is 1.56. The lowest BCUT2D eigenvalue weighted by Gasteiger charge is -2.37. The predicted octanol–water partition coefficient (Wildman–Crippen LogP) is 2.51. The van der Waals surface area contributed by atoms with Crippen LogP contribution in [0.3, 0.4) is 0 Å². The Morgan fingerprint density at radius 2 is 1.68 bits per heavy atom. The van der Waals surface area contributed by atoms with E-state index in [-0.39, 0.29) is 24.4 Å². The Morgan fingerprint density at radius 1 is 1.09 bits per heavy atom. The van der Waals surface area contributed by atoms with E-state index in [2.05, 4.69) is 18.7 Å². The van der Waals surface area contributed by atoms with Crippen molar-refractivity contribution in [1.82, 2.24) is 9.80 Å². The maximum atomic E-state index is 12.5. The fourth-order valence-electron chi connectivity index (χ4n) is 3.78. The highest BCUT2D eigenvalue weighted by molar-refractivity contribution is 5.85. The Bertz CT molecular complexity index is 324. The first kappa shape index (κ1) is 19.7. The molecule has 2 aliphatic rings. The number of carbonyl (C=O) groups is 1. The highest BCUT2D eigenvalue weighted by atomic mass is 35.5. The minimum absolute atomic E-state index is 0.